The van der Waals surface area contributed by atoms with Gasteiger partial charge in [0.15, 0.2) is 0 Å². The SMILES string of the molecule is CC(C)Oc1cc(NCC(O)C2CC2)ncn1. The summed E-state index contributed by atoms with van der Waals surface area (Å²) in [6.07, 6.45) is 3.54. The number of rotatable bonds is 6. The second-order valence-corrected chi connectivity index (χ2v) is 4.69. The highest BCUT2D eigenvalue weighted by molar-refractivity contribution is 5.37. The lowest BCUT2D eigenvalue weighted by Crippen LogP contribution is -2.21. The Labute approximate surface area is 101 Å². The van der Waals surface area contributed by atoms with Crippen molar-refractivity contribution in [2.75, 3.05) is 11.9 Å². The van der Waals surface area contributed by atoms with Crippen LogP contribution in [-0.4, -0.2) is 33.8 Å². The quantitative estimate of drug-likeness (QED) is 0.783. The van der Waals surface area contributed by atoms with E-state index in [0.717, 1.165) is 12.8 Å². The molecule has 1 saturated carbocycles. The van der Waals surface area contributed by atoms with Crippen molar-refractivity contribution in [2.24, 2.45) is 5.92 Å². The first-order valence-corrected chi connectivity index (χ1v) is 6.06. The Balaban J connectivity index is 1.86. The molecule has 1 atom stereocenters. The number of aliphatic hydroxyl groups excluding tert-OH is 1. The van der Waals surface area contributed by atoms with Gasteiger partial charge >= 0.3 is 0 Å². The Hall–Kier alpha value is -1.36. The molecular weight excluding hydrogens is 218 g/mol. The minimum atomic E-state index is -0.278. The second-order valence-electron chi connectivity index (χ2n) is 4.69. The van der Waals surface area contributed by atoms with Crippen molar-refractivity contribution in [3.63, 3.8) is 0 Å². The highest BCUT2D eigenvalue weighted by Gasteiger charge is 2.29. The molecule has 2 rings (SSSR count). The third kappa shape index (κ3) is 3.85. The molecule has 1 aliphatic carbocycles. The summed E-state index contributed by atoms with van der Waals surface area (Å²) < 4.78 is 5.47. The molecule has 1 aliphatic rings. The summed E-state index contributed by atoms with van der Waals surface area (Å²) in [4.78, 5) is 8.10. The number of ether oxygens (including phenoxy) is 1. The largest absolute Gasteiger partial charge is 0.475 e. The predicted molar refractivity (Wildman–Crippen MR) is 65.0 cm³/mol. The maximum Gasteiger partial charge on any atom is 0.218 e. The fraction of sp³-hybridized carbons (Fsp3) is 0.667. The summed E-state index contributed by atoms with van der Waals surface area (Å²) >= 11 is 0. The van der Waals surface area contributed by atoms with E-state index in [1.807, 2.05) is 13.8 Å². The molecule has 0 aromatic carbocycles. The molecule has 1 unspecified atom stereocenters. The number of nitrogens with one attached hydrogen (secondary N) is 1. The lowest BCUT2D eigenvalue weighted by molar-refractivity contribution is 0.164. The number of nitrogens with zero attached hydrogens (tertiary/aromatic N) is 2. The van der Waals surface area contributed by atoms with Gasteiger partial charge in [0, 0.05) is 12.6 Å². The standard InChI is InChI=1S/C12H19N3O2/c1-8(2)17-12-5-11(14-7-15-12)13-6-10(16)9-3-4-9/h5,7-10,16H,3-4,6H2,1-2H3,(H,13,14,15). The van der Waals surface area contributed by atoms with E-state index in [1.165, 1.54) is 6.33 Å². The third-order valence-electron chi connectivity index (χ3n) is 2.66. The number of anilines is 1. The molecule has 0 bridgehead atoms. The average molecular weight is 237 g/mol. The number of aliphatic hydroxyl groups is 1. The van der Waals surface area contributed by atoms with Gasteiger partial charge in [0.05, 0.1) is 12.2 Å². The molecule has 0 radical (unpaired) electrons. The normalized spacial score (nSPS) is 16.9. The fourth-order valence-corrected chi connectivity index (χ4v) is 1.60. The zero-order chi connectivity index (χ0) is 12.3. The van der Waals surface area contributed by atoms with Crippen LogP contribution in [0.3, 0.4) is 0 Å². The van der Waals surface area contributed by atoms with Crippen LogP contribution in [0.4, 0.5) is 5.82 Å². The van der Waals surface area contributed by atoms with E-state index in [9.17, 15) is 5.11 Å². The topological polar surface area (TPSA) is 67.3 Å². The summed E-state index contributed by atoms with van der Waals surface area (Å²) in [5.41, 5.74) is 0. The van der Waals surface area contributed by atoms with Gasteiger partial charge < -0.3 is 15.2 Å². The molecule has 2 N–H and O–H groups in total. The Kier molecular flexibility index (Phi) is 3.78. The number of hydrogen-bond donors (Lipinski definition) is 2. The Morgan fingerprint density at radius 2 is 2.24 bits per heavy atom. The summed E-state index contributed by atoms with van der Waals surface area (Å²) in [5.74, 6) is 1.71. The molecule has 0 aliphatic heterocycles. The minimum absolute atomic E-state index is 0.0924. The minimum Gasteiger partial charge on any atom is -0.475 e. The van der Waals surface area contributed by atoms with Crippen molar-refractivity contribution in [2.45, 2.75) is 38.9 Å². The van der Waals surface area contributed by atoms with Crippen LogP contribution in [0.5, 0.6) is 5.88 Å². The Morgan fingerprint density at radius 1 is 1.47 bits per heavy atom. The highest BCUT2D eigenvalue weighted by atomic mass is 16.5. The fourth-order valence-electron chi connectivity index (χ4n) is 1.60. The van der Waals surface area contributed by atoms with E-state index in [-0.39, 0.29) is 12.2 Å². The van der Waals surface area contributed by atoms with Gasteiger partial charge in [0.25, 0.3) is 0 Å². The van der Waals surface area contributed by atoms with Crippen molar-refractivity contribution in [3.05, 3.63) is 12.4 Å². The molecule has 17 heavy (non-hydrogen) atoms. The lowest BCUT2D eigenvalue weighted by atomic mass is 10.2. The zero-order valence-electron chi connectivity index (χ0n) is 10.3. The van der Waals surface area contributed by atoms with Crippen LogP contribution >= 0.6 is 0 Å². The van der Waals surface area contributed by atoms with Crippen LogP contribution in [0.2, 0.25) is 0 Å². The van der Waals surface area contributed by atoms with Gasteiger partial charge in [-0.25, -0.2) is 9.97 Å². The third-order valence-corrected chi connectivity index (χ3v) is 2.66. The monoisotopic (exact) mass is 237 g/mol. The zero-order valence-corrected chi connectivity index (χ0v) is 10.3. The molecule has 5 heteroatoms. The van der Waals surface area contributed by atoms with Crippen molar-refractivity contribution in [1.29, 1.82) is 0 Å². The lowest BCUT2D eigenvalue weighted by Gasteiger charge is -2.12. The molecule has 94 valence electrons. The maximum absolute atomic E-state index is 9.73. The average Bonchev–Trinajstić information content (AvgIpc) is 3.09. The molecule has 1 aromatic rings. The van der Waals surface area contributed by atoms with Crippen LogP contribution < -0.4 is 10.1 Å². The van der Waals surface area contributed by atoms with Gasteiger partial charge in [-0.05, 0) is 32.6 Å². The molecule has 1 fully saturated rings. The first kappa shape index (κ1) is 12.1. The van der Waals surface area contributed by atoms with Crippen molar-refractivity contribution >= 4 is 5.82 Å². The van der Waals surface area contributed by atoms with Crippen LogP contribution in [0.25, 0.3) is 0 Å². The van der Waals surface area contributed by atoms with Gasteiger partial charge in [0.2, 0.25) is 5.88 Å². The van der Waals surface area contributed by atoms with Gasteiger partial charge in [0.1, 0.15) is 12.1 Å². The van der Waals surface area contributed by atoms with Gasteiger partial charge in [-0.2, -0.15) is 0 Å². The van der Waals surface area contributed by atoms with E-state index in [0.29, 0.717) is 24.2 Å². The van der Waals surface area contributed by atoms with E-state index < -0.39 is 0 Å². The molecular formula is C12H19N3O2. The Bertz CT molecular complexity index is 367. The predicted octanol–water partition coefficient (Wildman–Crippen LogP) is 1.45. The van der Waals surface area contributed by atoms with Gasteiger partial charge in [-0.3, -0.25) is 0 Å². The van der Waals surface area contributed by atoms with Crippen LogP contribution in [0.1, 0.15) is 26.7 Å². The maximum atomic E-state index is 9.73. The second kappa shape index (κ2) is 5.31. The van der Waals surface area contributed by atoms with Gasteiger partial charge in [-0.15, -0.1) is 0 Å². The molecule has 1 heterocycles. The van der Waals surface area contributed by atoms with Crippen LogP contribution in [-0.2, 0) is 0 Å². The molecule has 0 amide bonds. The first-order valence-electron chi connectivity index (χ1n) is 6.06. The van der Waals surface area contributed by atoms with E-state index in [2.05, 4.69) is 15.3 Å². The summed E-state index contributed by atoms with van der Waals surface area (Å²) in [6, 6.07) is 1.75. The molecule has 0 saturated heterocycles. The highest BCUT2D eigenvalue weighted by Crippen LogP contribution is 2.32. The molecule has 1 aromatic heterocycles. The summed E-state index contributed by atoms with van der Waals surface area (Å²) in [6.45, 7) is 4.43. The van der Waals surface area contributed by atoms with E-state index in [4.69, 9.17) is 4.74 Å². The van der Waals surface area contributed by atoms with Crippen molar-refractivity contribution < 1.29 is 9.84 Å². The molecule has 0 spiro atoms. The first-order chi connectivity index (χ1) is 8.15. The van der Waals surface area contributed by atoms with E-state index >= 15 is 0 Å². The summed E-state index contributed by atoms with van der Waals surface area (Å²) in [7, 11) is 0. The van der Waals surface area contributed by atoms with Crippen LogP contribution in [0.15, 0.2) is 12.4 Å². The van der Waals surface area contributed by atoms with Crippen LogP contribution in [0, 0.1) is 5.92 Å². The van der Waals surface area contributed by atoms with E-state index in [1.54, 1.807) is 6.07 Å². The van der Waals surface area contributed by atoms with Crippen molar-refractivity contribution in [3.8, 4) is 5.88 Å². The number of aromatic nitrogens is 2. The Morgan fingerprint density at radius 3 is 2.88 bits per heavy atom. The number of hydrogen-bond acceptors (Lipinski definition) is 5. The molecule has 5 nitrogen and oxygen atoms in total. The smallest absolute Gasteiger partial charge is 0.218 e. The van der Waals surface area contributed by atoms with Gasteiger partial charge in [-0.1, -0.05) is 0 Å². The van der Waals surface area contributed by atoms with Crippen molar-refractivity contribution in [1.82, 2.24) is 9.97 Å². The summed E-state index contributed by atoms with van der Waals surface area (Å²) in [5, 5.41) is 12.8.